The molecule has 96 valence electrons. The summed E-state index contributed by atoms with van der Waals surface area (Å²) < 4.78 is 2.90. The van der Waals surface area contributed by atoms with Crippen LogP contribution in [0.2, 0.25) is 0 Å². The highest BCUT2D eigenvalue weighted by Gasteiger charge is 2.12. The van der Waals surface area contributed by atoms with E-state index in [-0.39, 0.29) is 5.91 Å². The first-order valence-electron chi connectivity index (χ1n) is 5.96. The topological polar surface area (TPSA) is 49.8 Å². The normalized spacial score (nSPS) is 10.6. The molecule has 0 bridgehead atoms. The van der Waals surface area contributed by atoms with Crippen LogP contribution in [0.4, 0.5) is 0 Å². The van der Waals surface area contributed by atoms with Gasteiger partial charge in [-0.3, -0.25) is 4.79 Å². The van der Waals surface area contributed by atoms with Gasteiger partial charge in [0.05, 0.1) is 0 Å². The number of halogens is 1. The maximum Gasteiger partial charge on any atom is 0.268 e. The zero-order valence-corrected chi connectivity index (χ0v) is 11.8. The predicted octanol–water partition coefficient (Wildman–Crippen LogP) is 2.92. The lowest BCUT2D eigenvalue weighted by Crippen LogP contribution is -2.25. The third-order valence-corrected chi connectivity index (χ3v) is 3.11. The number of amides is 1. The first-order chi connectivity index (χ1) is 8.70. The molecule has 2 N–H and O–H groups in total. The highest BCUT2D eigenvalue weighted by atomic mass is 79.9. The number of H-pyrrole nitrogens is 1. The lowest BCUT2D eigenvalue weighted by atomic mass is 10.3. The summed E-state index contributed by atoms with van der Waals surface area (Å²) >= 11 is 3.41. The standard InChI is InChI=1S/C13H16BrN3O/c1-2-5-17-9-11(14)6-12(17)13(18)16-8-10-3-4-15-7-10/h3-4,6-7,9,15H,2,5,8H2,1H3,(H,16,18). The molecule has 0 aromatic carbocycles. The molecule has 0 radical (unpaired) electrons. The van der Waals surface area contributed by atoms with Crippen molar-refractivity contribution >= 4 is 21.8 Å². The van der Waals surface area contributed by atoms with E-state index < -0.39 is 0 Å². The maximum atomic E-state index is 12.1. The zero-order chi connectivity index (χ0) is 13.0. The SMILES string of the molecule is CCCn1cc(Br)cc1C(=O)NCc1cc[nH]c1. The third-order valence-electron chi connectivity index (χ3n) is 2.68. The molecular weight excluding hydrogens is 294 g/mol. The Morgan fingerprint density at radius 3 is 3.06 bits per heavy atom. The second-order valence-electron chi connectivity index (χ2n) is 4.14. The second-order valence-corrected chi connectivity index (χ2v) is 5.05. The number of aromatic nitrogens is 2. The van der Waals surface area contributed by atoms with Gasteiger partial charge in [0.2, 0.25) is 0 Å². The van der Waals surface area contributed by atoms with Crippen LogP contribution in [-0.4, -0.2) is 15.5 Å². The van der Waals surface area contributed by atoms with Gasteiger partial charge in [0, 0.05) is 36.2 Å². The first-order valence-corrected chi connectivity index (χ1v) is 6.75. The molecule has 2 aromatic rings. The number of rotatable bonds is 5. The predicted molar refractivity (Wildman–Crippen MR) is 74.4 cm³/mol. The highest BCUT2D eigenvalue weighted by molar-refractivity contribution is 9.10. The second kappa shape index (κ2) is 5.91. The van der Waals surface area contributed by atoms with Crippen molar-refractivity contribution in [3.8, 4) is 0 Å². The molecule has 1 amide bonds. The maximum absolute atomic E-state index is 12.1. The largest absolute Gasteiger partial charge is 0.367 e. The molecule has 18 heavy (non-hydrogen) atoms. The van der Waals surface area contributed by atoms with Crippen LogP contribution in [0.5, 0.6) is 0 Å². The van der Waals surface area contributed by atoms with Crippen molar-refractivity contribution < 1.29 is 4.79 Å². The molecule has 0 saturated heterocycles. The Morgan fingerprint density at radius 2 is 2.39 bits per heavy atom. The van der Waals surface area contributed by atoms with E-state index in [1.807, 2.05) is 35.3 Å². The fourth-order valence-corrected chi connectivity index (χ4v) is 2.30. The lowest BCUT2D eigenvalue weighted by molar-refractivity contribution is 0.0941. The zero-order valence-electron chi connectivity index (χ0n) is 10.2. The van der Waals surface area contributed by atoms with Crippen LogP contribution < -0.4 is 5.32 Å². The van der Waals surface area contributed by atoms with Crippen LogP contribution in [0.15, 0.2) is 35.2 Å². The lowest BCUT2D eigenvalue weighted by Gasteiger charge is -2.07. The van der Waals surface area contributed by atoms with E-state index in [0.717, 1.165) is 23.0 Å². The van der Waals surface area contributed by atoms with Gasteiger partial charge in [-0.15, -0.1) is 0 Å². The van der Waals surface area contributed by atoms with Crippen LogP contribution >= 0.6 is 15.9 Å². The first kappa shape index (κ1) is 13.0. The summed E-state index contributed by atoms with van der Waals surface area (Å²) in [5.41, 5.74) is 1.76. The van der Waals surface area contributed by atoms with Gasteiger partial charge in [0.1, 0.15) is 5.69 Å². The number of nitrogens with zero attached hydrogens (tertiary/aromatic N) is 1. The summed E-state index contributed by atoms with van der Waals surface area (Å²) in [6.07, 6.45) is 6.66. The van der Waals surface area contributed by atoms with Gasteiger partial charge < -0.3 is 14.9 Å². The van der Waals surface area contributed by atoms with Crippen molar-refractivity contribution in [3.05, 3.63) is 46.5 Å². The Labute approximate surface area is 115 Å². The summed E-state index contributed by atoms with van der Waals surface area (Å²) in [5.74, 6) is -0.0460. The molecule has 0 aliphatic heterocycles. The minimum Gasteiger partial charge on any atom is -0.367 e. The molecule has 0 aliphatic rings. The molecule has 2 heterocycles. The fraction of sp³-hybridized carbons (Fsp3) is 0.308. The Bertz CT molecular complexity index is 516. The van der Waals surface area contributed by atoms with Crippen LogP contribution in [-0.2, 0) is 13.1 Å². The minimum absolute atomic E-state index is 0.0460. The number of aromatic amines is 1. The summed E-state index contributed by atoms with van der Waals surface area (Å²) in [6.45, 7) is 3.48. The van der Waals surface area contributed by atoms with E-state index in [1.54, 1.807) is 0 Å². The van der Waals surface area contributed by atoms with E-state index in [2.05, 4.69) is 33.2 Å². The van der Waals surface area contributed by atoms with Crippen molar-refractivity contribution in [2.45, 2.75) is 26.4 Å². The molecule has 2 rings (SSSR count). The molecule has 0 atom stereocenters. The van der Waals surface area contributed by atoms with E-state index in [1.165, 1.54) is 0 Å². The third kappa shape index (κ3) is 3.04. The van der Waals surface area contributed by atoms with Crippen LogP contribution in [0.3, 0.4) is 0 Å². The van der Waals surface area contributed by atoms with Gasteiger partial charge in [-0.2, -0.15) is 0 Å². The van der Waals surface area contributed by atoms with Crippen LogP contribution in [0.1, 0.15) is 29.4 Å². The number of hydrogen-bond acceptors (Lipinski definition) is 1. The number of carbonyl (C=O) groups is 1. The Hall–Kier alpha value is -1.49. The van der Waals surface area contributed by atoms with Crippen molar-refractivity contribution in [2.24, 2.45) is 0 Å². The minimum atomic E-state index is -0.0460. The van der Waals surface area contributed by atoms with Crippen molar-refractivity contribution in [1.82, 2.24) is 14.9 Å². The van der Waals surface area contributed by atoms with Crippen molar-refractivity contribution in [2.75, 3.05) is 0 Å². The fourth-order valence-electron chi connectivity index (χ4n) is 1.83. The van der Waals surface area contributed by atoms with E-state index in [9.17, 15) is 4.79 Å². The van der Waals surface area contributed by atoms with E-state index >= 15 is 0 Å². The van der Waals surface area contributed by atoms with Gasteiger partial charge in [-0.1, -0.05) is 6.92 Å². The Morgan fingerprint density at radius 1 is 1.56 bits per heavy atom. The van der Waals surface area contributed by atoms with Gasteiger partial charge in [-0.25, -0.2) is 0 Å². The van der Waals surface area contributed by atoms with Crippen molar-refractivity contribution in [3.63, 3.8) is 0 Å². The van der Waals surface area contributed by atoms with Crippen LogP contribution in [0.25, 0.3) is 0 Å². The van der Waals surface area contributed by atoms with Crippen LogP contribution in [0, 0.1) is 0 Å². The molecule has 0 fully saturated rings. The van der Waals surface area contributed by atoms with Gasteiger partial charge in [-0.05, 0) is 40.0 Å². The average Bonchev–Trinajstić information content (AvgIpc) is 2.96. The van der Waals surface area contributed by atoms with Gasteiger partial charge in [0.25, 0.3) is 5.91 Å². The van der Waals surface area contributed by atoms with E-state index in [0.29, 0.717) is 12.2 Å². The Balaban J connectivity index is 2.03. The van der Waals surface area contributed by atoms with E-state index in [4.69, 9.17) is 0 Å². The molecule has 2 aromatic heterocycles. The number of nitrogens with one attached hydrogen (secondary N) is 2. The number of aryl methyl sites for hydroxylation is 1. The molecule has 0 aliphatic carbocycles. The summed E-state index contributed by atoms with van der Waals surface area (Å²) in [7, 11) is 0. The number of carbonyl (C=O) groups excluding carboxylic acids is 1. The molecule has 0 spiro atoms. The summed E-state index contributed by atoms with van der Waals surface area (Å²) in [5, 5.41) is 2.91. The smallest absolute Gasteiger partial charge is 0.268 e. The molecule has 0 unspecified atom stereocenters. The summed E-state index contributed by atoms with van der Waals surface area (Å²) in [6, 6.07) is 3.80. The monoisotopic (exact) mass is 309 g/mol. The quantitative estimate of drug-likeness (QED) is 0.876. The molecule has 4 nitrogen and oxygen atoms in total. The molecule has 5 heteroatoms. The van der Waals surface area contributed by atoms with Crippen molar-refractivity contribution in [1.29, 1.82) is 0 Å². The average molecular weight is 310 g/mol. The number of hydrogen-bond donors (Lipinski definition) is 2. The van der Waals surface area contributed by atoms with Gasteiger partial charge in [0.15, 0.2) is 0 Å². The van der Waals surface area contributed by atoms with Gasteiger partial charge >= 0.3 is 0 Å². The molecular formula is C13H16BrN3O. The highest BCUT2D eigenvalue weighted by Crippen LogP contribution is 2.15. The Kier molecular flexibility index (Phi) is 4.25. The molecule has 0 saturated carbocycles. The summed E-state index contributed by atoms with van der Waals surface area (Å²) in [4.78, 5) is 15.1.